The maximum atomic E-state index is 14.2. The minimum Gasteiger partial charge on any atom is -0.494 e. The van der Waals surface area contributed by atoms with Crippen LogP contribution in [0.1, 0.15) is 83.5 Å². The molecule has 2 fully saturated rings. The average molecular weight is 682 g/mol. The van der Waals surface area contributed by atoms with Gasteiger partial charge in [-0.05, 0) is 99.4 Å². The fourth-order valence-corrected chi connectivity index (χ4v) is 8.33. The number of rotatable bonds is 3. The van der Waals surface area contributed by atoms with E-state index in [0.29, 0.717) is 65.8 Å². The molecular weight excluding hydrogens is 640 g/mol. The van der Waals surface area contributed by atoms with Crippen molar-refractivity contribution >= 4 is 33.9 Å². The van der Waals surface area contributed by atoms with E-state index < -0.39 is 23.6 Å². The molecule has 1 saturated heterocycles. The Kier molecular flexibility index (Phi) is 8.08. The molecule has 1 saturated carbocycles. The number of nitrogens with two attached hydrogens (primary N) is 1. The van der Waals surface area contributed by atoms with Crippen LogP contribution in [0, 0.1) is 17.6 Å². The summed E-state index contributed by atoms with van der Waals surface area (Å²) in [5.41, 5.74) is 11.3. The van der Waals surface area contributed by atoms with Gasteiger partial charge in [0.05, 0.1) is 30.1 Å². The molecule has 3 aromatic heterocycles. The lowest BCUT2D eigenvalue weighted by Crippen LogP contribution is -2.51. The number of pyridine rings is 1. The third kappa shape index (κ3) is 5.40. The van der Waals surface area contributed by atoms with Crippen LogP contribution in [-0.4, -0.2) is 61.6 Å². The summed E-state index contributed by atoms with van der Waals surface area (Å²) < 4.78 is 38.4. The van der Waals surface area contributed by atoms with Gasteiger partial charge in [0, 0.05) is 48.7 Å². The molecule has 2 aromatic carbocycles. The number of hydrogen-bond acceptors (Lipinski definition) is 6. The number of carbonyl (C=O) groups excluding carboxylic acids is 2. The first kappa shape index (κ1) is 32.4. The molecule has 4 bridgehead atoms. The number of benzene rings is 2. The predicted octanol–water partition coefficient (Wildman–Crippen LogP) is 6.05. The fraction of sp³-hybridized carbons (Fsp3) is 0.421. The number of methoxy groups -OCH3 is 1. The standard InChI is InChI=1S/C38H41F2N7O3/c1-20-30-11-9-23-16-32(46(35(23)43-30)12-6-4-5-7-21-14-27(39)28(40)18-26(21)37(48)42-20)36-44-31-15-24(17-33(50-3)34(31)45(36)2)38(49)47-19-29(41)22-8-10-25(47)13-22/h9,11,14-18,20,22,25,29H,4-8,10,12-13,19,41H2,1-3H3,(H,42,48)/t20-,22-,25+,29+/m1/s1. The third-order valence-electron chi connectivity index (χ3n) is 11.1. The van der Waals surface area contributed by atoms with Crippen LogP contribution in [0.4, 0.5) is 8.78 Å². The van der Waals surface area contributed by atoms with Crippen molar-refractivity contribution < 1.29 is 23.1 Å². The lowest BCUT2D eigenvalue weighted by molar-refractivity contribution is 0.0603. The van der Waals surface area contributed by atoms with Gasteiger partial charge in [0.25, 0.3) is 11.8 Å². The average Bonchev–Trinajstić information content (AvgIpc) is 3.80. The lowest BCUT2D eigenvalue weighted by atomic mass is 9.94. The number of aromatic nitrogens is 4. The van der Waals surface area contributed by atoms with E-state index in [2.05, 4.69) is 16.0 Å². The molecule has 3 aliphatic rings. The molecule has 4 atom stereocenters. The SMILES string of the molecule is COc1cc(C(=O)N2C[C@H](N)[C@@H]3CC[C@H]2C3)cc2nc(-c3cc4ccc5nc4n3CCCCCc3cc(F)c(F)cc3C(=O)N[C@@H]5C)n(C)c12. The van der Waals surface area contributed by atoms with Gasteiger partial charge < -0.3 is 29.8 Å². The minimum atomic E-state index is -1.04. The first-order valence-corrected chi connectivity index (χ1v) is 17.5. The van der Waals surface area contributed by atoms with E-state index in [-0.39, 0.29) is 23.6 Å². The number of likely N-dealkylation sites (tertiary alicyclic amines) is 1. The molecule has 12 heteroatoms. The van der Waals surface area contributed by atoms with Crippen LogP contribution in [0.15, 0.2) is 42.5 Å². The van der Waals surface area contributed by atoms with Gasteiger partial charge in [-0.2, -0.15) is 0 Å². The van der Waals surface area contributed by atoms with Gasteiger partial charge in [-0.3, -0.25) is 9.59 Å². The highest BCUT2D eigenvalue weighted by Gasteiger charge is 2.41. The normalized spacial score (nSPS) is 22.5. The zero-order chi connectivity index (χ0) is 34.8. The van der Waals surface area contributed by atoms with Crippen LogP contribution < -0.4 is 15.8 Å². The summed E-state index contributed by atoms with van der Waals surface area (Å²) in [5, 5.41) is 3.86. The van der Waals surface area contributed by atoms with Gasteiger partial charge in [-0.25, -0.2) is 18.7 Å². The number of aryl methyl sites for hydroxylation is 3. The van der Waals surface area contributed by atoms with Gasteiger partial charge in [0.2, 0.25) is 0 Å². The smallest absolute Gasteiger partial charge is 0.254 e. The Morgan fingerprint density at radius 1 is 1.04 bits per heavy atom. The van der Waals surface area contributed by atoms with Gasteiger partial charge in [0.1, 0.15) is 16.9 Å². The van der Waals surface area contributed by atoms with Crippen molar-refractivity contribution in [2.24, 2.45) is 18.7 Å². The van der Waals surface area contributed by atoms with E-state index in [1.807, 2.05) is 47.7 Å². The Balaban J connectivity index is 1.18. The molecule has 5 heterocycles. The molecule has 3 N–H and O–H groups in total. The first-order chi connectivity index (χ1) is 24.1. The lowest BCUT2D eigenvalue weighted by Gasteiger charge is -2.37. The number of imidazole rings is 1. The van der Waals surface area contributed by atoms with E-state index in [1.54, 1.807) is 7.11 Å². The van der Waals surface area contributed by atoms with Crippen LogP contribution >= 0.6 is 0 Å². The largest absolute Gasteiger partial charge is 0.494 e. The number of carbonyl (C=O) groups is 2. The summed E-state index contributed by atoms with van der Waals surface area (Å²) in [6, 6.07) is 11.4. The Morgan fingerprint density at radius 2 is 1.86 bits per heavy atom. The topological polar surface area (TPSA) is 120 Å². The number of ether oxygens (including phenoxy) is 1. The number of nitrogens with one attached hydrogen (secondary N) is 1. The van der Waals surface area contributed by atoms with Crippen LogP contribution in [0.25, 0.3) is 33.6 Å². The highest BCUT2D eigenvalue weighted by atomic mass is 19.2. The Morgan fingerprint density at radius 3 is 2.68 bits per heavy atom. The van der Waals surface area contributed by atoms with Gasteiger partial charge in [-0.15, -0.1) is 0 Å². The zero-order valence-electron chi connectivity index (χ0n) is 28.5. The molecule has 0 radical (unpaired) electrons. The second-order valence-corrected chi connectivity index (χ2v) is 14.1. The molecule has 5 aromatic rings. The molecule has 2 aliphatic heterocycles. The number of nitrogens with zero attached hydrogens (tertiary/aromatic N) is 5. The van der Waals surface area contributed by atoms with Crippen LogP contribution in [0.5, 0.6) is 5.75 Å². The predicted molar refractivity (Wildman–Crippen MR) is 186 cm³/mol. The van der Waals surface area contributed by atoms with E-state index in [0.717, 1.165) is 66.5 Å². The summed E-state index contributed by atoms with van der Waals surface area (Å²) in [7, 11) is 3.55. The molecule has 260 valence electrons. The highest BCUT2D eigenvalue weighted by molar-refractivity contribution is 6.00. The maximum Gasteiger partial charge on any atom is 0.254 e. The monoisotopic (exact) mass is 681 g/mol. The van der Waals surface area contributed by atoms with Crippen molar-refractivity contribution in [3.8, 4) is 17.3 Å². The zero-order valence-corrected chi connectivity index (χ0v) is 28.5. The van der Waals surface area contributed by atoms with Crippen molar-refractivity contribution in [2.45, 2.75) is 76.5 Å². The number of amides is 2. The third-order valence-corrected chi connectivity index (χ3v) is 11.1. The van der Waals surface area contributed by atoms with Gasteiger partial charge in [-0.1, -0.05) is 6.42 Å². The number of fused-ring (bicyclic) bond motifs is 5. The van der Waals surface area contributed by atoms with E-state index >= 15 is 0 Å². The van der Waals surface area contributed by atoms with Crippen molar-refractivity contribution in [3.63, 3.8) is 0 Å². The fourth-order valence-electron chi connectivity index (χ4n) is 8.33. The molecule has 50 heavy (non-hydrogen) atoms. The number of hydrogen-bond donors (Lipinski definition) is 2. The van der Waals surface area contributed by atoms with Crippen LogP contribution in [0.2, 0.25) is 0 Å². The van der Waals surface area contributed by atoms with Gasteiger partial charge in [0.15, 0.2) is 17.5 Å². The Hall–Kier alpha value is -4.84. The van der Waals surface area contributed by atoms with E-state index in [4.69, 9.17) is 20.4 Å². The molecular formula is C38H41F2N7O3. The number of piperidine rings is 1. The van der Waals surface area contributed by atoms with E-state index in [9.17, 15) is 18.4 Å². The highest BCUT2D eigenvalue weighted by Crippen LogP contribution is 2.39. The van der Waals surface area contributed by atoms with Crippen molar-refractivity contribution in [3.05, 3.63) is 76.5 Å². The van der Waals surface area contributed by atoms with Crippen molar-refractivity contribution in [2.75, 3.05) is 13.7 Å². The quantitative estimate of drug-likeness (QED) is 0.240. The molecule has 0 spiro atoms. The first-order valence-electron chi connectivity index (χ1n) is 17.5. The van der Waals surface area contributed by atoms with E-state index in [1.165, 1.54) is 0 Å². The second-order valence-electron chi connectivity index (χ2n) is 14.1. The summed E-state index contributed by atoms with van der Waals surface area (Å²) >= 11 is 0. The Bertz CT molecular complexity index is 2180. The molecule has 2 amide bonds. The van der Waals surface area contributed by atoms with Crippen molar-refractivity contribution in [1.82, 2.24) is 29.3 Å². The minimum absolute atomic E-state index is 0.00806. The van der Waals surface area contributed by atoms with Gasteiger partial charge >= 0.3 is 0 Å². The van der Waals surface area contributed by atoms with Crippen LogP contribution in [0.3, 0.4) is 0 Å². The van der Waals surface area contributed by atoms with Crippen molar-refractivity contribution in [1.29, 1.82) is 0 Å². The molecule has 1 aliphatic carbocycles. The molecule has 10 nitrogen and oxygen atoms in total. The maximum absolute atomic E-state index is 14.2. The second kappa shape index (κ2) is 12.5. The summed E-state index contributed by atoms with van der Waals surface area (Å²) in [6.07, 6.45) is 5.72. The molecule has 0 unspecified atom stereocenters. The Labute approximate surface area is 288 Å². The summed E-state index contributed by atoms with van der Waals surface area (Å²) in [4.78, 5) is 39.3. The van der Waals surface area contributed by atoms with Crippen LogP contribution in [-0.2, 0) is 20.0 Å². The summed E-state index contributed by atoms with van der Waals surface area (Å²) in [5.74, 6) is -0.761. The molecule has 8 rings (SSSR count). The number of halogens is 2. The summed E-state index contributed by atoms with van der Waals surface area (Å²) in [6.45, 7) is 3.02.